The molecule has 2 aromatic rings. The van der Waals surface area contributed by atoms with Gasteiger partial charge in [-0.3, -0.25) is 5.10 Å². The van der Waals surface area contributed by atoms with Gasteiger partial charge in [-0.25, -0.2) is 19.7 Å². The Morgan fingerprint density at radius 1 is 1.33 bits per heavy atom. The predicted molar refractivity (Wildman–Crippen MR) is 89.8 cm³/mol. The van der Waals surface area contributed by atoms with Crippen LogP contribution in [-0.4, -0.2) is 49.2 Å². The topological polar surface area (TPSA) is 99.7 Å². The van der Waals surface area contributed by atoms with Crippen molar-refractivity contribution >= 4 is 11.7 Å². The maximum absolute atomic E-state index is 12.4. The molecule has 1 saturated heterocycles. The van der Waals surface area contributed by atoms with Crippen LogP contribution in [0.2, 0.25) is 0 Å². The zero-order chi connectivity index (χ0) is 17.3. The van der Waals surface area contributed by atoms with Gasteiger partial charge in [-0.1, -0.05) is 20.8 Å². The number of likely N-dealkylation sites (tertiary alicyclic amines) is 1. The summed E-state index contributed by atoms with van der Waals surface area (Å²) >= 11 is 0. The number of hydrogen-bond acceptors (Lipinski definition) is 5. The van der Waals surface area contributed by atoms with Gasteiger partial charge in [0.05, 0.1) is 18.1 Å². The lowest BCUT2D eigenvalue weighted by Gasteiger charge is -2.18. The smallest absolute Gasteiger partial charge is 0.321 e. The maximum atomic E-state index is 12.4. The number of aryl methyl sites for hydroxylation is 1. The van der Waals surface area contributed by atoms with Crippen LogP contribution >= 0.6 is 0 Å². The molecule has 3 heterocycles. The molecule has 1 aliphatic heterocycles. The molecule has 1 unspecified atom stereocenters. The normalized spacial score (nSPS) is 18.0. The average Bonchev–Trinajstić information content (AvgIpc) is 3.15. The molecule has 0 saturated carbocycles. The minimum Gasteiger partial charge on any atom is -0.324 e. The number of amides is 2. The number of aromatic nitrogens is 5. The molecule has 8 nitrogen and oxygen atoms in total. The Balaban J connectivity index is 1.59. The summed E-state index contributed by atoms with van der Waals surface area (Å²) in [4.78, 5) is 27.2. The molecule has 8 heteroatoms. The largest absolute Gasteiger partial charge is 0.324 e. The van der Waals surface area contributed by atoms with E-state index in [9.17, 15) is 4.79 Å². The zero-order valence-corrected chi connectivity index (χ0v) is 14.5. The van der Waals surface area contributed by atoms with Gasteiger partial charge in [-0.2, -0.15) is 5.10 Å². The molecule has 0 aliphatic carbocycles. The fourth-order valence-corrected chi connectivity index (χ4v) is 2.68. The molecule has 3 rings (SSSR count). The fraction of sp³-hybridized carbons (Fsp3) is 0.562. The number of nitrogens with zero attached hydrogens (tertiary/aromatic N) is 5. The molecular weight excluding hydrogens is 306 g/mol. The second-order valence-corrected chi connectivity index (χ2v) is 7.19. The van der Waals surface area contributed by atoms with Gasteiger partial charge in [0.2, 0.25) is 0 Å². The van der Waals surface area contributed by atoms with Crippen LogP contribution in [0, 0.1) is 6.92 Å². The molecule has 2 N–H and O–H groups in total. The summed E-state index contributed by atoms with van der Waals surface area (Å²) in [5.74, 6) is 2.51. The zero-order valence-electron chi connectivity index (χ0n) is 14.5. The molecule has 128 valence electrons. The van der Waals surface area contributed by atoms with Crippen LogP contribution in [0.4, 0.5) is 10.5 Å². The van der Waals surface area contributed by atoms with Gasteiger partial charge in [-0.05, 0) is 13.3 Å². The standard InChI is InChI=1S/C16H23N7O/c1-10-19-13(22-21-10)11-5-6-23(9-11)15(24)20-12-7-17-14(18-8-12)16(2,3)4/h7-8,11H,5-6,9H2,1-4H3,(H,20,24)(H,19,21,22). The minimum atomic E-state index is -0.142. The van der Waals surface area contributed by atoms with Crippen molar-refractivity contribution in [3.05, 3.63) is 29.9 Å². The van der Waals surface area contributed by atoms with E-state index in [-0.39, 0.29) is 17.4 Å². The number of anilines is 1. The Hall–Kier alpha value is -2.51. The molecule has 0 aromatic carbocycles. The van der Waals surface area contributed by atoms with E-state index in [1.54, 1.807) is 17.3 Å². The van der Waals surface area contributed by atoms with Crippen LogP contribution in [-0.2, 0) is 5.41 Å². The number of rotatable bonds is 2. The van der Waals surface area contributed by atoms with Gasteiger partial charge in [0.15, 0.2) is 5.82 Å². The van der Waals surface area contributed by atoms with Crippen molar-refractivity contribution in [1.82, 2.24) is 30.0 Å². The number of nitrogens with one attached hydrogen (secondary N) is 2. The first kappa shape index (κ1) is 16.4. The Bertz CT molecular complexity index is 717. The molecule has 24 heavy (non-hydrogen) atoms. The highest BCUT2D eigenvalue weighted by atomic mass is 16.2. The summed E-state index contributed by atoms with van der Waals surface area (Å²) in [5.41, 5.74) is 0.490. The van der Waals surface area contributed by atoms with Gasteiger partial charge in [0.1, 0.15) is 11.6 Å². The SMILES string of the molecule is Cc1nc(C2CCN(C(=O)Nc3cnc(C(C)(C)C)nc3)C2)n[nH]1. The predicted octanol–water partition coefficient (Wildman–Crippen LogP) is 2.22. The second-order valence-electron chi connectivity index (χ2n) is 7.19. The Morgan fingerprint density at radius 3 is 2.62 bits per heavy atom. The molecule has 1 atom stereocenters. The molecule has 1 fully saturated rings. The van der Waals surface area contributed by atoms with Crippen LogP contribution < -0.4 is 5.32 Å². The molecule has 1 aliphatic rings. The van der Waals surface area contributed by atoms with Crippen molar-refractivity contribution in [2.24, 2.45) is 0 Å². The summed E-state index contributed by atoms with van der Waals surface area (Å²) in [6.07, 6.45) is 4.17. The lowest BCUT2D eigenvalue weighted by atomic mass is 9.96. The molecule has 2 aromatic heterocycles. The number of hydrogen-bond donors (Lipinski definition) is 2. The van der Waals surface area contributed by atoms with E-state index in [0.717, 1.165) is 23.9 Å². The second kappa shape index (κ2) is 6.18. The van der Waals surface area contributed by atoms with E-state index in [0.29, 0.717) is 18.8 Å². The van der Waals surface area contributed by atoms with Crippen LogP contribution in [0.15, 0.2) is 12.4 Å². The van der Waals surface area contributed by atoms with Crippen molar-refractivity contribution in [2.75, 3.05) is 18.4 Å². The third kappa shape index (κ3) is 3.52. The van der Waals surface area contributed by atoms with Crippen LogP contribution in [0.3, 0.4) is 0 Å². The lowest BCUT2D eigenvalue weighted by Crippen LogP contribution is -2.33. The van der Waals surface area contributed by atoms with Crippen molar-refractivity contribution in [2.45, 2.75) is 45.4 Å². The number of urea groups is 1. The maximum Gasteiger partial charge on any atom is 0.321 e. The Kier molecular flexibility index (Phi) is 4.21. The number of carbonyl (C=O) groups is 1. The first-order valence-corrected chi connectivity index (χ1v) is 8.10. The highest BCUT2D eigenvalue weighted by Gasteiger charge is 2.30. The van der Waals surface area contributed by atoms with Gasteiger partial charge in [-0.15, -0.1) is 0 Å². The van der Waals surface area contributed by atoms with Gasteiger partial charge < -0.3 is 10.2 Å². The van der Waals surface area contributed by atoms with Crippen molar-refractivity contribution in [3.8, 4) is 0 Å². The van der Waals surface area contributed by atoms with E-state index < -0.39 is 0 Å². The van der Waals surface area contributed by atoms with Crippen molar-refractivity contribution < 1.29 is 4.79 Å². The summed E-state index contributed by atoms with van der Waals surface area (Å²) < 4.78 is 0. The Morgan fingerprint density at radius 2 is 2.04 bits per heavy atom. The van der Waals surface area contributed by atoms with Crippen LogP contribution in [0.1, 0.15) is 50.6 Å². The molecule has 2 amide bonds. The third-order valence-corrected chi connectivity index (χ3v) is 4.03. The van der Waals surface area contributed by atoms with E-state index in [1.807, 2.05) is 6.92 Å². The van der Waals surface area contributed by atoms with E-state index in [1.165, 1.54) is 0 Å². The highest BCUT2D eigenvalue weighted by Crippen LogP contribution is 2.25. The van der Waals surface area contributed by atoms with Gasteiger partial charge in [0.25, 0.3) is 0 Å². The van der Waals surface area contributed by atoms with Gasteiger partial charge >= 0.3 is 6.03 Å². The summed E-state index contributed by atoms with van der Waals surface area (Å²) in [6.45, 7) is 9.33. The average molecular weight is 329 g/mol. The summed E-state index contributed by atoms with van der Waals surface area (Å²) in [6, 6.07) is -0.142. The van der Waals surface area contributed by atoms with Crippen LogP contribution in [0.25, 0.3) is 0 Å². The van der Waals surface area contributed by atoms with Crippen LogP contribution in [0.5, 0.6) is 0 Å². The van der Waals surface area contributed by atoms with E-state index in [2.05, 4.69) is 51.2 Å². The van der Waals surface area contributed by atoms with Crippen molar-refractivity contribution in [1.29, 1.82) is 0 Å². The quantitative estimate of drug-likeness (QED) is 0.880. The lowest BCUT2D eigenvalue weighted by molar-refractivity contribution is 0.222. The molecule has 0 bridgehead atoms. The molecule has 0 radical (unpaired) electrons. The van der Waals surface area contributed by atoms with Crippen molar-refractivity contribution in [3.63, 3.8) is 0 Å². The number of H-pyrrole nitrogens is 1. The first-order valence-electron chi connectivity index (χ1n) is 8.10. The minimum absolute atomic E-state index is 0.112. The number of aromatic amines is 1. The van der Waals surface area contributed by atoms with E-state index in [4.69, 9.17) is 0 Å². The fourth-order valence-electron chi connectivity index (χ4n) is 2.68. The highest BCUT2D eigenvalue weighted by molar-refractivity contribution is 5.89. The molecule has 0 spiro atoms. The summed E-state index contributed by atoms with van der Waals surface area (Å²) in [5, 5.41) is 9.90. The third-order valence-electron chi connectivity index (χ3n) is 4.03. The summed E-state index contributed by atoms with van der Waals surface area (Å²) in [7, 11) is 0. The first-order chi connectivity index (χ1) is 11.3. The number of carbonyl (C=O) groups excluding carboxylic acids is 1. The monoisotopic (exact) mass is 329 g/mol. The van der Waals surface area contributed by atoms with Gasteiger partial charge in [0, 0.05) is 24.4 Å². The Labute approximate surface area is 141 Å². The van der Waals surface area contributed by atoms with E-state index >= 15 is 0 Å². The molecular formula is C16H23N7O.